The van der Waals surface area contributed by atoms with Crippen LogP contribution in [0.2, 0.25) is 0 Å². The van der Waals surface area contributed by atoms with Crippen molar-refractivity contribution in [3.8, 4) is 0 Å². The molecule has 2 N–H and O–H groups in total. The van der Waals surface area contributed by atoms with E-state index in [2.05, 4.69) is 0 Å². The zero-order valence-electron chi connectivity index (χ0n) is 10.9. The predicted octanol–water partition coefficient (Wildman–Crippen LogP) is 2.82. The van der Waals surface area contributed by atoms with Crippen LogP contribution in [-0.2, 0) is 6.54 Å². The number of amides is 1. The van der Waals surface area contributed by atoms with Gasteiger partial charge in [-0.15, -0.1) is 0 Å². The topological polar surface area (TPSA) is 46.3 Å². The minimum absolute atomic E-state index is 0.171. The summed E-state index contributed by atoms with van der Waals surface area (Å²) < 4.78 is 26.0. The highest BCUT2D eigenvalue weighted by Gasteiger charge is 2.15. The number of rotatable bonds is 3. The standard InChI is InChI=1S/C15H14F2N2O/c1-19(9-10-6-7-12(16)13(17)8-10)15(20)11-4-2-3-5-14(11)18/h2-8H,9,18H2,1H3. The summed E-state index contributed by atoms with van der Waals surface area (Å²) in [5.74, 6) is -2.11. The Bertz CT molecular complexity index is 644. The lowest BCUT2D eigenvalue weighted by Crippen LogP contribution is -2.27. The monoisotopic (exact) mass is 276 g/mol. The van der Waals surface area contributed by atoms with Crippen LogP contribution < -0.4 is 5.73 Å². The first-order valence-corrected chi connectivity index (χ1v) is 6.03. The van der Waals surface area contributed by atoms with Gasteiger partial charge in [-0.05, 0) is 29.8 Å². The molecule has 0 unspecified atom stereocenters. The second-order valence-electron chi connectivity index (χ2n) is 4.50. The first kappa shape index (κ1) is 14.0. The van der Waals surface area contributed by atoms with E-state index in [1.807, 2.05) is 0 Å². The van der Waals surface area contributed by atoms with Crippen LogP contribution in [0.1, 0.15) is 15.9 Å². The number of nitrogens with zero attached hydrogens (tertiary/aromatic N) is 1. The number of nitrogens with two attached hydrogens (primary N) is 1. The van der Waals surface area contributed by atoms with Crippen LogP contribution in [0, 0.1) is 11.6 Å². The number of carbonyl (C=O) groups is 1. The van der Waals surface area contributed by atoms with Gasteiger partial charge in [0.15, 0.2) is 11.6 Å². The van der Waals surface area contributed by atoms with Gasteiger partial charge in [-0.25, -0.2) is 8.78 Å². The van der Waals surface area contributed by atoms with Gasteiger partial charge in [0.05, 0.1) is 5.56 Å². The third-order valence-corrected chi connectivity index (χ3v) is 2.94. The molecule has 104 valence electrons. The Kier molecular flexibility index (Phi) is 3.98. The maximum Gasteiger partial charge on any atom is 0.255 e. The number of anilines is 1. The van der Waals surface area contributed by atoms with Crippen molar-refractivity contribution in [3.05, 3.63) is 65.2 Å². The number of benzene rings is 2. The molecular weight excluding hydrogens is 262 g/mol. The van der Waals surface area contributed by atoms with Crippen molar-refractivity contribution in [2.75, 3.05) is 12.8 Å². The molecule has 0 saturated carbocycles. The fraction of sp³-hybridized carbons (Fsp3) is 0.133. The van der Waals surface area contributed by atoms with E-state index >= 15 is 0 Å². The Morgan fingerprint density at radius 3 is 2.50 bits per heavy atom. The van der Waals surface area contributed by atoms with Gasteiger partial charge in [0, 0.05) is 19.3 Å². The number of halogens is 2. The Balaban J connectivity index is 2.15. The molecule has 5 heteroatoms. The van der Waals surface area contributed by atoms with E-state index in [1.165, 1.54) is 11.0 Å². The molecule has 0 aliphatic rings. The molecule has 2 aromatic carbocycles. The molecule has 20 heavy (non-hydrogen) atoms. The summed E-state index contributed by atoms with van der Waals surface area (Å²) in [5, 5.41) is 0. The second-order valence-corrected chi connectivity index (χ2v) is 4.50. The number of para-hydroxylation sites is 1. The van der Waals surface area contributed by atoms with E-state index in [0.29, 0.717) is 16.8 Å². The molecule has 0 atom stereocenters. The molecule has 0 aliphatic heterocycles. The Morgan fingerprint density at radius 1 is 1.15 bits per heavy atom. The van der Waals surface area contributed by atoms with Crippen LogP contribution in [0.3, 0.4) is 0 Å². The molecule has 3 nitrogen and oxygen atoms in total. The molecule has 0 fully saturated rings. The van der Waals surface area contributed by atoms with Gasteiger partial charge in [-0.3, -0.25) is 4.79 Å². The van der Waals surface area contributed by atoms with Crippen molar-refractivity contribution < 1.29 is 13.6 Å². The van der Waals surface area contributed by atoms with Crippen molar-refractivity contribution >= 4 is 11.6 Å². The zero-order valence-corrected chi connectivity index (χ0v) is 10.9. The normalized spacial score (nSPS) is 10.3. The molecule has 2 rings (SSSR count). The largest absolute Gasteiger partial charge is 0.398 e. The summed E-state index contributed by atoms with van der Waals surface area (Å²) in [6.45, 7) is 0.171. The number of nitrogen functional groups attached to an aromatic ring is 1. The molecule has 0 saturated heterocycles. The molecule has 0 aromatic heterocycles. The summed E-state index contributed by atoms with van der Waals surface area (Å²) in [6.07, 6.45) is 0. The molecule has 0 spiro atoms. The maximum absolute atomic E-state index is 13.1. The summed E-state index contributed by atoms with van der Waals surface area (Å²) >= 11 is 0. The van der Waals surface area contributed by atoms with Crippen molar-refractivity contribution in [2.24, 2.45) is 0 Å². The highest BCUT2D eigenvalue weighted by atomic mass is 19.2. The van der Waals surface area contributed by atoms with Gasteiger partial charge in [0.2, 0.25) is 0 Å². The predicted molar refractivity (Wildman–Crippen MR) is 73.0 cm³/mol. The van der Waals surface area contributed by atoms with Crippen LogP contribution in [0.4, 0.5) is 14.5 Å². The molecule has 0 aliphatic carbocycles. The Hall–Kier alpha value is -2.43. The minimum atomic E-state index is -0.928. The van der Waals surface area contributed by atoms with Crippen molar-refractivity contribution in [1.29, 1.82) is 0 Å². The van der Waals surface area contributed by atoms with Crippen LogP contribution in [0.5, 0.6) is 0 Å². The van der Waals surface area contributed by atoms with Crippen LogP contribution in [0.15, 0.2) is 42.5 Å². The third-order valence-electron chi connectivity index (χ3n) is 2.94. The van der Waals surface area contributed by atoms with Crippen LogP contribution in [-0.4, -0.2) is 17.9 Å². The summed E-state index contributed by atoms with van der Waals surface area (Å²) in [4.78, 5) is 13.6. The first-order valence-electron chi connectivity index (χ1n) is 6.03. The SMILES string of the molecule is CN(Cc1ccc(F)c(F)c1)C(=O)c1ccccc1N. The summed E-state index contributed by atoms with van der Waals surface area (Å²) in [6, 6.07) is 10.3. The number of hydrogen-bond donors (Lipinski definition) is 1. The summed E-state index contributed by atoms with van der Waals surface area (Å²) in [7, 11) is 1.58. The van der Waals surface area contributed by atoms with E-state index in [4.69, 9.17) is 5.73 Å². The average molecular weight is 276 g/mol. The van der Waals surface area contributed by atoms with E-state index in [0.717, 1.165) is 12.1 Å². The summed E-state index contributed by atoms with van der Waals surface area (Å²) in [5.41, 5.74) is 7.02. The second kappa shape index (κ2) is 5.69. The molecule has 1 amide bonds. The van der Waals surface area contributed by atoms with E-state index < -0.39 is 11.6 Å². The fourth-order valence-electron chi connectivity index (χ4n) is 1.88. The Labute approximate surface area is 115 Å². The van der Waals surface area contributed by atoms with Crippen LogP contribution >= 0.6 is 0 Å². The van der Waals surface area contributed by atoms with Gasteiger partial charge >= 0.3 is 0 Å². The van der Waals surface area contributed by atoms with Gasteiger partial charge in [-0.1, -0.05) is 18.2 Å². The molecule has 0 heterocycles. The zero-order chi connectivity index (χ0) is 14.7. The third kappa shape index (κ3) is 2.93. The van der Waals surface area contributed by atoms with Gasteiger partial charge in [-0.2, -0.15) is 0 Å². The Morgan fingerprint density at radius 2 is 1.85 bits per heavy atom. The first-order chi connectivity index (χ1) is 9.49. The lowest BCUT2D eigenvalue weighted by molar-refractivity contribution is 0.0786. The van der Waals surface area contributed by atoms with Crippen LogP contribution in [0.25, 0.3) is 0 Å². The van der Waals surface area contributed by atoms with E-state index in [1.54, 1.807) is 31.3 Å². The number of carbonyl (C=O) groups excluding carboxylic acids is 1. The number of hydrogen-bond acceptors (Lipinski definition) is 2. The van der Waals surface area contributed by atoms with E-state index in [-0.39, 0.29) is 12.5 Å². The fourth-order valence-corrected chi connectivity index (χ4v) is 1.88. The molecule has 2 aromatic rings. The average Bonchev–Trinajstić information content (AvgIpc) is 2.42. The van der Waals surface area contributed by atoms with Crippen molar-refractivity contribution in [3.63, 3.8) is 0 Å². The highest BCUT2D eigenvalue weighted by molar-refractivity contribution is 5.98. The molecule has 0 bridgehead atoms. The van der Waals surface area contributed by atoms with Gasteiger partial charge in [0.1, 0.15) is 0 Å². The van der Waals surface area contributed by atoms with Gasteiger partial charge in [0.25, 0.3) is 5.91 Å². The van der Waals surface area contributed by atoms with E-state index in [9.17, 15) is 13.6 Å². The quantitative estimate of drug-likeness (QED) is 0.876. The highest BCUT2D eigenvalue weighted by Crippen LogP contribution is 2.15. The maximum atomic E-state index is 13.1. The molecule has 0 radical (unpaired) electrons. The minimum Gasteiger partial charge on any atom is -0.398 e. The lowest BCUT2D eigenvalue weighted by Gasteiger charge is -2.18. The van der Waals surface area contributed by atoms with Crippen molar-refractivity contribution in [2.45, 2.75) is 6.54 Å². The lowest BCUT2D eigenvalue weighted by atomic mass is 10.1. The van der Waals surface area contributed by atoms with Crippen molar-refractivity contribution in [1.82, 2.24) is 4.90 Å². The smallest absolute Gasteiger partial charge is 0.255 e. The van der Waals surface area contributed by atoms with Gasteiger partial charge < -0.3 is 10.6 Å². The molecular formula is C15H14F2N2O.